The van der Waals surface area contributed by atoms with Gasteiger partial charge in [-0.25, -0.2) is 9.59 Å². The van der Waals surface area contributed by atoms with Gasteiger partial charge in [0.2, 0.25) is 5.79 Å². The Labute approximate surface area is 354 Å². The first-order chi connectivity index (χ1) is 29.4. The lowest BCUT2D eigenvalue weighted by Crippen LogP contribution is -2.67. The average Bonchev–Trinajstić information content (AvgIpc) is 3.60. The lowest BCUT2D eigenvalue weighted by molar-refractivity contribution is -0.395. The van der Waals surface area contributed by atoms with Crippen molar-refractivity contribution < 1.29 is 78.9 Å². The number of unbranched alkanes of at least 4 members (excludes halogenated alkanes) is 2. The molecule has 2 unspecified atom stereocenters. The van der Waals surface area contributed by atoms with Crippen LogP contribution in [-0.4, -0.2) is 127 Å². The molecule has 2 fully saturated rings. The van der Waals surface area contributed by atoms with Crippen molar-refractivity contribution in [3.05, 3.63) is 120 Å². The molecule has 61 heavy (non-hydrogen) atoms. The number of ether oxygens (including phenoxy) is 6. The van der Waals surface area contributed by atoms with E-state index in [9.17, 15) is 50.4 Å². The van der Waals surface area contributed by atoms with E-state index in [0.717, 1.165) is 43.9 Å². The molecule has 0 aromatic heterocycles. The molecule has 3 aliphatic rings. The minimum absolute atomic E-state index is 0.114. The number of aromatic hydroxyl groups is 2. The molecule has 0 aliphatic carbocycles. The molecule has 0 radical (unpaired) electrons. The van der Waals surface area contributed by atoms with Crippen LogP contribution in [0.15, 0.2) is 109 Å². The van der Waals surface area contributed by atoms with Crippen LogP contribution in [0.1, 0.15) is 57.1 Å². The summed E-state index contributed by atoms with van der Waals surface area (Å²) < 4.78 is 34.6. The number of aliphatic hydroxyl groups is 6. The third kappa shape index (κ3) is 13.6. The molecule has 1 aromatic rings. The van der Waals surface area contributed by atoms with Gasteiger partial charge in [0.15, 0.2) is 18.5 Å². The summed E-state index contributed by atoms with van der Waals surface area (Å²) in [6.45, 7) is 2.37. The standard InChI is InChI=1S/C45H58O16/c1-3-5-7-9-11-13-16-20-30(47)21-17-15-19-23-36(51)59-42-41(33(26-46)61-45(43(42)55)37-29(27-57-45)24-31(48)25-32(37)49)60-44-40(54)39(53)38(52)34(58-44)28-56-35(50)22-18-14-12-10-8-6-4-2/h7-20,22-25,30,33-34,38-44,46-49,52-55H,3-6,21,26-28H2,1-2H3/b9-7+,10-8+,13-11+,14-12+,17-15+,20-16+,22-18+,23-19+/t30?,33-,34?,38+,39+,40-,41-,42+,43-,44+,45+/m1/s1. The first-order valence-corrected chi connectivity index (χ1v) is 20.3. The number of carbonyl (C=O) groups is 2. The maximum absolute atomic E-state index is 13.3. The Balaban J connectivity index is 1.52. The quantitative estimate of drug-likeness (QED) is 0.0533. The second kappa shape index (κ2) is 24.7. The maximum Gasteiger partial charge on any atom is 0.331 e. The van der Waals surface area contributed by atoms with Crippen molar-refractivity contribution in [1.29, 1.82) is 0 Å². The number of esters is 2. The Morgan fingerprint density at radius 2 is 1.44 bits per heavy atom. The van der Waals surface area contributed by atoms with Gasteiger partial charge in [-0.3, -0.25) is 0 Å². The van der Waals surface area contributed by atoms with Crippen molar-refractivity contribution in [2.24, 2.45) is 0 Å². The van der Waals surface area contributed by atoms with Crippen LogP contribution < -0.4 is 0 Å². The molecule has 8 N–H and O–H groups in total. The van der Waals surface area contributed by atoms with Gasteiger partial charge in [0.05, 0.1) is 24.9 Å². The molecule has 0 saturated carbocycles. The summed E-state index contributed by atoms with van der Waals surface area (Å²) in [4.78, 5) is 25.7. The maximum atomic E-state index is 13.3. The second-order valence-corrected chi connectivity index (χ2v) is 14.4. The summed E-state index contributed by atoms with van der Waals surface area (Å²) in [6, 6.07) is 2.25. The van der Waals surface area contributed by atoms with Gasteiger partial charge in [0.25, 0.3) is 0 Å². The van der Waals surface area contributed by atoms with Crippen LogP contribution in [-0.2, 0) is 50.4 Å². The Bertz CT molecular complexity index is 1810. The zero-order chi connectivity index (χ0) is 44.4. The van der Waals surface area contributed by atoms with Gasteiger partial charge in [0.1, 0.15) is 54.7 Å². The zero-order valence-corrected chi connectivity index (χ0v) is 34.2. The highest BCUT2D eigenvalue weighted by molar-refractivity contribution is 5.82. The number of benzene rings is 1. The summed E-state index contributed by atoms with van der Waals surface area (Å²) in [7, 11) is 0. The number of hydrogen-bond acceptors (Lipinski definition) is 16. The predicted octanol–water partition coefficient (Wildman–Crippen LogP) is 2.98. The van der Waals surface area contributed by atoms with Gasteiger partial charge in [0, 0.05) is 18.2 Å². The molecular formula is C45H58O16. The van der Waals surface area contributed by atoms with Crippen LogP contribution in [0.25, 0.3) is 0 Å². The minimum Gasteiger partial charge on any atom is -0.508 e. The Morgan fingerprint density at radius 3 is 2.13 bits per heavy atom. The minimum atomic E-state index is -2.27. The molecule has 16 nitrogen and oxygen atoms in total. The van der Waals surface area contributed by atoms with Crippen molar-refractivity contribution in [3.63, 3.8) is 0 Å². The van der Waals surface area contributed by atoms with E-state index in [-0.39, 0.29) is 29.9 Å². The van der Waals surface area contributed by atoms with E-state index in [2.05, 4.69) is 6.92 Å². The highest BCUT2D eigenvalue weighted by Crippen LogP contribution is 2.51. The molecule has 16 heteroatoms. The van der Waals surface area contributed by atoms with Gasteiger partial charge in [-0.2, -0.15) is 0 Å². The van der Waals surface area contributed by atoms with Crippen LogP contribution in [0, 0.1) is 0 Å². The Hall–Kier alpha value is -4.72. The van der Waals surface area contributed by atoms with Gasteiger partial charge in [-0.15, -0.1) is 0 Å². The Kier molecular flexibility index (Phi) is 19.8. The third-order valence-corrected chi connectivity index (χ3v) is 9.75. The van der Waals surface area contributed by atoms with E-state index < -0.39 is 97.9 Å². The Morgan fingerprint density at radius 1 is 0.803 bits per heavy atom. The van der Waals surface area contributed by atoms with Crippen molar-refractivity contribution in [2.45, 2.75) is 120 Å². The van der Waals surface area contributed by atoms with Gasteiger partial charge >= 0.3 is 11.9 Å². The number of aliphatic hydroxyl groups excluding tert-OH is 6. The molecule has 11 atom stereocenters. The number of phenolic OH excluding ortho intramolecular Hbond substituents is 2. The molecule has 3 aliphatic heterocycles. The van der Waals surface area contributed by atoms with Crippen molar-refractivity contribution in [3.8, 4) is 11.5 Å². The number of fused-ring (bicyclic) bond motifs is 2. The molecule has 3 heterocycles. The van der Waals surface area contributed by atoms with Crippen LogP contribution in [0.3, 0.4) is 0 Å². The van der Waals surface area contributed by atoms with Crippen molar-refractivity contribution in [2.75, 3.05) is 13.2 Å². The first-order valence-electron chi connectivity index (χ1n) is 20.3. The highest BCUT2D eigenvalue weighted by atomic mass is 16.8. The largest absolute Gasteiger partial charge is 0.508 e. The van der Waals surface area contributed by atoms with E-state index in [1.54, 1.807) is 36.5 Å². The molecule has 4 rings (SSSR count). The molecule has 1 spiro atoms. The van der Waals surface area contributed by atoms with Crippen LogP contribution in [0.5, 0.6) is 11.5 Å². The monoisotopic (exact) mass is 854 g/mol. The molecule has 2 saturated heterocycles. The topological polar surface area (TPSA) is 251 Å². The summed E-state index contributed by atoms with van der Waals surface area (Å²) in [5.41, 5.74) is 0.104. The number of allylic oxidation sites excluding steroid dienone is 12. The van der Waals surface area contributed by atoms with Crippen LogP contribution in [0.4, 0.5) is 0 Å². The van der Waals surface area contributed by atoms with Crippen LogP contribution >= 0.6 is 0 Å². The molecular weight excluding hydrogens is 796 g/mol. The van der Waals surface area contributed by atoms with E-state index in [4.69, 9.17) is 28.4 Å². The third-order valence-electron chi connectivity index (χ3n) is 9.75. The lowest BCUT2D eigenvalue weighted by Gasteiger charge is -2.50. The van der Waals surface area contributed by atoms with Gasteiger partial charge in [-0.05, 0) is 30.9 Å². The number of hydrogen-bond donors (Lipinski definition) is 8. The van der Waals surface area contributed by atoms with E-state index >= 15 is 0 Å². The number of phenols is 2. The van der Waals surface area contributed by atoms with E-state index in [1.165, 1.54) is 24.3 Å². The molecule has 1 aromatic carbocycles. The first kappa shape index (κ1) is 48.9. The fraction of sp³-hybridized carbons (Fsp3) is 0.467. The van der Waals surface area contributed by atoms with Gasteiger partial charge in [-0.1, -0.05) is 112 Å². The fourth-order valence-electron chi connectivity index (χ4n) is 6.66. The summed E-state index contributed by atoms with van der Waals surface area (Å²) >= 11 is 0. The van der Waals surface area contributed by atoms with E-state index in [0.29, 0.717) is 0 Å². The van der Waals surface area contributed by atoms with E-state index in [1.807, 2.05) is 37.3 Å². The second-order valence-electron chi connectivity index (χ2n) is 14.4. The SMILES string of the molecule is CCC/C=C/C=C/C=C/C(=O)OCC1O[C@@H](O[C@H]2[C@H](OC(=O)/C=C/C=C/CC(O)/C=C/C=C/C=C/CCC)[C@@H](O)[C@@]3(OCc4cc(O)cc(O)c43)O[C@@H]2CO)[C@H](O)[C@@H](O)[C@H]1O. The fourth-order valence-corrected chi connectivity index (χ4v) is 6.66. The zero-order valence-electron chi connectivity index (χ0n) is 34.2. The molecule has 0 bridgehead atoms. The molecule has 0 amide bonds. The summed E-state index contributed by atoms with van der Waals surface area (Å²) in [5.74, 6) is -4.96. The van der Waals surface area contributed by atoms with Crippen LogP contribution in [0.2, 0.25) is 0 Å². The predicted molar refractivity (Wildman–Crippen MR) is 220 cm³/mol. The highest BCUT2D eigenvalue weighted by Gasteiger charge is 2.63. The number of carbonyl (C=O) groups excluding carboxylic acids is 2. The average molecular weight is 855 g/mol. The summed E-state index contributed by atoms with van der Waals surface area (Å²) in [6.07, 6.45) is 13.4. The van der Waals surface area contributed by atoms with Crippen molar-refractivity contribution in [1.82, 2.24) is 0 Å². The summed E-state index contributed by atoms with van der Waals surface area (Å²) in [5, 5.41) is 86.2. The normalized spacial score (nSPS) is 30.1. The van der Waals surface area contributed by atoms with Crippen molar-refractivity contribution >= 4 is 11.9 Å². The molecule has 334 valence electrons. The van der Waals surface area contributed by atoms with Gasteiger partial charge < -0.3 is 69.3 Å². The number of rotatable bonds is 20. The smallest absolute Gasteiger partial charge is 0.331 e. The lowest BCUT2D eigenvalue weighted by atomic mass is 9.86.